The predicted molar refractivity (Wildman–Crippen MR) is 77.9 cm³/mol. The fraction of sp³-hybridized carbons (Fsp3) is 0.533. The molecule has 2 unspecified atom stereocenters. The van der Waals surface area contributed by atoms with E-state index in [1.807, 2.05) is 18.2 Å². The first-order valence-electron chi connectivity index (χ1n) is 7.11. The number of hydrogen-bond donors (Lipinski definition) is 2. The highest BCUT2D eigenvalue weighted by Crippen LogP contribution is 2.32. The highest BCUT2D eigenvalue weighted by Gasteiger charge is 2.25. The lowest BCUT2D eigenvalue weighted by atomic mass is 10.1. The summed E-state index contributed by atoms with van der Waals surface area (Å²) in [6, 6.07) is 6.17. The standard InChI is InChI=1S/C15H19ClN2O2/c16-11-2-3-13-10(7-11)1-4-14(13)18-15(19)8-12-9-20-6-5-17-12/h2-3,7,12,14,17H,1,4-6,8-9H2,(H,18,19). The maximum absolute atomic E-state index is 12.1. The van der Waals surface area contributed by atoms with Gasteiger partial charge >= 0.3 is 0 Å². The van der Waals surface area contributed by atoms with Crippen LogP contribution in [0.1, 0.15) is 30.0 Å². The van der Waals surface area contributed by atoms with Gasteiger partial charge in [0.15, 0.2) is 0 Å². The fourth-order valence-electron chi connectivity index (χ4n) is 2.96. The van der Waals surface area contributed by atoms with Crippen molar-refractivity contribution < 1.29 is 9.53 Å². The summed E-state index contributed by atoms with van der Waals surface area (Å²) in [5.41, 5.74) is 2.46. The number of nitrogens with one attached hydrogen (secondary N) is 2. The van der Waals surface area contributed by atoms with Gasteiger partial charge in [0.2, 0.25) is 5.91 Å². The highest BCUT2D eigenvalue weighted by molar-refractivity contribution is 6.30. The second-order valence-corrected chi connectivity index (χ2v) is 5.87. The third-order valence-corrected chi connectivity index (χ3v) is 4.18. The lowest BCUT2D eigenvalue weighted by molar-refractivity contribution is -0.123. The van der Waals surface area contributed by atoms with E-state index in [4.69, 9.17) is 16.3 Å². The summed E-state index contributed by atoms with van der Waals surface area (Å²) in [6.07, 6.45) is 2.40. The molecule has 0 saturated carbocycles. The number of morpholine rings is 1. The van der Waals surface area contributed by atoms with Crippen LogP contribution in [0.2, 0.25) is 5.02 Å². The largest absolute Gasteiger partial charge is 0.378 e. The average Bonchev–Trinajstić information content (AvgIpc) is 2.82. The molecule has 5 heteroatoms. The van der Waals surface area contributed by atoms with E-state index in [-0.39, 0.29) is 18.0 Å². The number of aryl methyl sites for hydroxylation is 1. The van der Waals surface area contributed by atoms with Gasteiger partial charge in [-0.2, -0.15) is 0 Å². The molecule has 1 aliphatic heterocycles. The molecule has 4 nitrogen and oxygen atoms in total. The van der Waals surface area contributed by atoms with Crippen LogP contribution in [0.15, 0.2) is 18.2 Å². The van der Waals surface area contributed by atoms with Crippen LogP contribution in [-0.4, -0.2) is 31.7 Å². The second kappa shape index (κ2) is 6.12. The van der Waals surface area contributed by atoms with Crippen LogP contribution in [0.4, 0.5) is 0 Å². The molecule has 108 valence electrons. The summed E-state index contributed by atoms with van der Waals surface area (Å²) in [4.78, 5) is 12.1. The van der Waals surface area contributed by atoms with Gasteiger partial charge in [0, 0.05) is 24.0 Å². The molecule has 0 spiro atoms. The summed E-state index contributed by atoms with van der Waals surface area (Å²) >= 11 is 6.00. The molecule has 1 aliphatic carbocycles. The Kier molecular flexibility index (Phi) is 4.24. The van der Waals surface area contributed by atoms with Crippen molar-refractivity contribution in [2.24, 2.45) is 0 Å². The monoisotopic (exact) mass is 294 g/mol. The number of halogens is 1. The maximum atomic E-state index is 12.1. The number of fused-ring (bicyclic) bond motifs is 1. The van der Waals surface area contributed by atoms with Crippen LogP contribution in [-0.2, 0) is 16.0 Å². The Hall–Kier alpha value is -1.10. The molecule has 1 heterocycles. The molecule has 1 amide bonds. The molecule has 0 aromatic heterocycles. The van der Waals surface area contributed by atoms with E-state index in [1.54, 1.807) is 0 Å². The van der Waals surface area contributed by atoms with E-state index in [1.165, 1.54) is 11.1 Å². The number of carbonyl (C=O) groups is 1. The quantitative estimate of drug-likeness (QED) is 0.894. The molecule has 1 aromatic carbocycles. The Labute approximate surface area is 123 Å². The van der Waals surface area contributed by atoms with E-state index in [0.29, 0.717) is 13.0 Å². The van der Waals surface area contributed by atoms with Crippen molar-refractivity contribution in [3.8, 4) is 0 Å². The third-order valence-electron chi connectivity index (χ3n) is 3.95. The lowest BCUT2D eigenvalue weighted by Gasteiger charge is -2.24. The zero-order valence-electron chi connectivity index (χ0n) is 11.3. The fourth-order valence-corrected chi connectivity index (χ4v) is 3.16. The summed E-state index contributed by atoms with van der Waals surface area (Å²) in [5.74, 6) is 0.0841. The minimum absolute atomic E-state index is 0.0841. The molecule has 1 saturated heterocycles. The first-order chi connectivity index (χ1) is 9.72. The highest BCUT2D eigenvalue weighted by atomic mass is 35.5. The molecule has 0 bridgehead atoms. The average molecular weight is 295 g/mol. The van der Waals surface area contributed by atoms with Crippen LogP contribution < -0.4 is 10.6 Å². The number of rotatable bonds is 3. The zero-order valence-corrected chi connectivity index (χ0v) is 12.1. The van der Waals surface area contributed by atoms with Gasteiger partial charge in [0.05, 0.1) is 19.3 Å². The molecule has 20 heavy (non-hydrogen) atoms. The van der Waals surface area contributed by atoms with Crippen molar-refractivity contribution in [3.05, 3.63) is 34.3 Å². The van der Waals surface area contributed by atoms with Crippen molar-refractivity contribution in [1.29, 1.82) is 0 Å². The number of benzene rings is 1. The van der Waals surface area contributed by atoms with Gasteiger partial charge in [-0.05, 0) is 36.1 Å². The van der Waals surface area contributed by atoms with Gasteiger partial charge < -0.3 is 15.4 Å². The number of ether oxygens (including phenoxy) is 1. The van der Waals surface area contributed by atoms with E-state index in [0.717, 1.165) is 31.0 Å². The zero-order chi connectivity index (χ0) is 13.9. The Balaban J connectivity index is 1.58. The molecule has 0 radical (unpaired) electrons. The van der Waals surface area contributed by atoms with E-state index in [9.17, 15) is 4.79 Å². The molecule has 1 aromatic rings. The van der Waals surface area contributed by atoms with Crippen molar-refractivity contribution in [3.63, 3.8) is 0 Å². The Morgan fingerprint density at radius 2 is 2.40 bits per heavy atom. The van der Waals surface area contributed by atoms with Crippen LogP contribution in [0, 0.1) is 0 Å². The number of amides is 1. The summed E-state index contributed by atoms with van der Waals surface area (Å²) in [5, 5.41) is 7.19. The molecule has 1 fully saturated rings. The summed E-state index contributed by atoms with van der Waals surface area (Å²) in [6.45, 7) is 2.17. The third kappa shape index (κ3) is 3.14. The van der Waals surface area contributed by atoms with Crippen molar-refractivity contribution >= 4 is 17.5 Å². The predicted octanol–water partition coefficient (Wildman–Crippen LogP) is 1.82. The van der Waals surface area contributed by atoms with Gasteiger partial charge in [-0.1, -0.05) is 17.7 Å². The Morgan fingerprint density at radius 3 is 3.20 bits per heavy atom. The Bertz CT molecular complexity index is 501. The van der Waals surface area contributed by atoms with Gasteiger partial charge in [-0.25, -0.2) is 0 Å². The molecule has 2 N–H and O–H groups in total. The molecular formula is C15H19ClN2O2. The van der Waals surface area contributed by atoms with Crippen LogP contribution >= 0.6 is 11.6 Å². The van der Waals surface area contributed by atoms with Gasteiger partial charge in [0.1, 0.15) is 0 Å². The first-order valence-corrected chi connectivity index (χ1v) is 7.49. The normalized spacial score (nSPS) is 25.2. The van der Waals surface area contributed by atoms with Gasteiger partial charge in [-0.3, -0.25) is 4.79 Å². The van der Waals surface area contributed by atoms with Gasteiger partial charge in [0.25, 0.3) is 0 Å². The maximum Gasteiger partial charge on any atom is 0.222 e. The van der Waals surface area contributed by atoms with Gasteiger partial charge in [-0.15, -0.1) is 0 Å². The van der Waals surface area contributed by atoms with Crippen LogP contribution in [0.5, 0.6) is 0 Å². The molecule has 2 aliphatic rings. The lowest BCUT2D eigenvalue weighted by Crippen LogP contribution is -2.44. The topological polar surface area (TPSA) is 50.4 Å². The minimum atomic E-state index is 0.0841. The number of hydrogen-bond acceptors (Lipinski definition) is 3. The van der Waals surface area contributed by atoms with E-state index >= 15 is 0 Å². The summed E-state index contributed by atoms with van der Waals surface area (Å²) < 4.78 is 5.37. The van der Waals surface area contributed by atoms with Crippen molar-refractivity contribution in [2.75, 3.05) is 19.8 Å². The Morgan fingerprint density at radius 1 is 1.50 bits per heavy atom. The molecule has 3 rings (SSSR count). The minimum Gasteiger partial charge on any atom is -0.378 e. The van der Waals surface area contributed by atoms with E-state index in [2.05, 4.69) is 10.6 Å². The SMILES string of the molecule is O=C(CC1COCCN1)NC1CCc2cc(Cl)ccc21. The van der Waals surface area contributed by atoms with E-state index < -0.39 is 0 Å². The molecular weight excluding hydrogens is 276 g/mol. The van der Waals surface area contributed by atoms with Crippen molar-refractivity contribution in [1.82, 2.24) is 10.6 Å². The second-order valence-electron chi connectivity index (χ2n) is 5.43. The van der Waals surface area contributed by atoms with Crippen LogP contribution in [0.25, 0.3) is 0 Å². The summed E-state index contributed by atoms with van der Waals surface area (Å²) in [7, 11) is 0. The smallest absolute Gasteiger partial charge is 0.222 e. The number of carbonyl (C=O) groups excluding carboxylic acids is 1. The van der Waals surface area contributed by atoms with Crippen molar-refractivity contribution in [2.45, 2.75) is 31.3 Å². The molecule has 2 atom stereocenters. The van der Waals surface area contributed by atoms with Crippen LogP contribution in [0.3, 0.4) is 0 Å². The first kappa shape index (κ1) is 13.9.